The number of phenols is 1. The van der Waals surface area contributed by atoms with Gasteiger partial charge >= 0.3 is 0 Å². The zero-order chi connectivity index (χ0) is 19.1. The maximum atomic E-state index is 12.9. The van der Waals surface area contributed by atoms with Gasteiger partial charge in [0, 0.05) is 56.1 Å². The third-order valence-corrected chi connectivity index (χ3v) is 5.28. The number of halogens is 3. The van der Waals surface area contributed by atoms with Crippen LogP contribution in [0.1, 0.15) is 21.5 Å². The van der Waals surface area contributed by atoms with E-state index in [-0.39, 0.29) is 54.5 Å². The summed E-state index contributed by atoms with van der Waals surface area (Å²) in [6.45, 7) is 4.16. The molecule has 10 heteroatoms. The number of ketones is 1. The Bertz CT molecular complexity index is 1110. The van der Waals surface area contributed by atoms with Crippen LogP contribution in [-0.2, 0) is 6.54 Å². The second kappa shape index (κ2) is 10.3. The molecule has 3 aromatic rings. The number of ether oxygens (including phenoxy) is 1. The molecule has 7 nitrogen and oxygen atoms in total. The molecule has 0 bridgehead atoms. The van der Waals surface area contributed by atoms with Gasteiger partial charge in [0.05, 0.1) is 11.1 Å². The summed E-state index contributed by atoms with van der Waals surface area (Å²) in [6.07, 6.45) is 5.26. The van der Waals surface area contributed by atoms with Gasteiger partial charge in [0.25, 0.3) is 0 Å². The second-order valence-electron chi connectivity index (χ2n) is 7.05. The molecule has 2 aliphatic rings. The normalized spacial score (nSPS) is 16.8. The van der Waals surface area contributed by atoms with Crippen molar-refractivity contribution >= 4 is 60.1 Å². The first-order valence-corrected chi connectivity index (χ1v) is 9.35. The van der Waals surface area contributed by atoms with E-state index in [0.29, 0.717) is 23.4 Å². The number of aromatic amines is 1. The number of rotatable bonds is 3. The number of H-pyrrole nitrogens is 1. The fourth-order valence-corrected chi connectivity index (χ4v) is 3.78. The van der Waals surface area contributed by atoms with Crippen LogP contribution in [0.5, 0.6) is 11.5 Å². The number of carbonyl (C=O) groups excluding carboxylic acids is 1. The van der Waals surface area contributed by atoms with Crippen LogP contribution in [0, 0.1) is 0 Å². The van der Waals surface area contributed by atoms with E-state index in [2.05, 4.69) is 20.2 Å². The minimum absolute atomic E-state index is 0. The van der Waals surface area contributed by atoms with Gasteiger partial charge in [-0.25, -0.2) is 4.98 Å². The molecule has 1 saturated heterocycles. The maximum Gasteiger partial charge on any atom is 0.231 e. The zero-order valence-electron chi connectivity index (χ0n) is 16.5. The number of aromatic nitrogens is 2. The first-order chi connectivity index (χ1) is 13.7. The number of carbonyl (C=O) groups is 1. The number of piperazine rings is 1. The van der Waals surface area contributed by atoms with Crippen LogP contribution in [0.15, 0.2) is 42.4 Å². The van der Waals surface area contributed by atoms with Crippen molar-refractivity contribution in [1.29, 1.82) is 0 Å². The molecule has 2 aliphatic heterocycles. The third-order valence-electron chi connectivity index (χ3n) is 5.28. The lowest BCUT2D eigenvalue weighted by Gasteiger charge is -2.27. The number of nitrogens with one attached hydrogen (secondary N) is 2. The quantitative estimate of drug-likeness (QED) is 0.492. The highest BCUT2D eigenvalue weighted by Crippen LogP contribution is 2.40. The van der Waals surface area contributed by atoms with E-state index in [4.69, 9.17) is 4.74 Å². The van der Waals surface area contributed by atoms with E-state index in [9.17, 15) is 9.90 Å². The zero-order valence-corrected chi connectivity index (χ0v) is 18.9. The molecule has 0 atom stereocenters. The smallest absolute Gasteiger partial charge is 0.231 e. The molecule has 0 spiro atoms. The Hall–Kier alpha value is -2.29. The Morgan fingerprint density at radius 3 is 2.71 bits per heavy atom. The molecule has 2 aromatic heterocycles. The monoisotopic (exact) mass is 484 g/mol. The Kier molecular flexibility index (Phi) is 8.34. The average Bonchev–Trinajstić information content (AvgIpc) is 3.27. The Morgan fingerprint density at radius 1 is 1.16 bits per heavy atom. The molecule has 0 amide bonds. The van der Waals surface area contributed by atoms with Crippen LogP contribution < -0.4 is 10.1 Å². The van der Waals surface area contributed by atoms with E-state index < -0.39 is 0 Å². The van der Waals surface area contributed by atoms with Crippen LogP contribution in [0.25, 0.3) is 17.1 Å². The molecular weight excluding hydrogens is 463 g/mol. The standard InChI is InChI=1S/C21H20N4O3.3ClH/c26-17-4-3-15-19(27)18(10-13-11-24-21-14(13)2-1-5-23-21)28-20(15)16(17)12-25-8-6-22-7-9-25;;;/h1-5,10-11,22,26H,6-9,12H2,(H,23,24);3*1H/b18-10-;;;. The summed E-state index contributed by atoms with van der Waals surface area (Å²) in [5.41, 5.74) is 2.75. The van der Waals surface area contributed by atoms with E-state index in [1.807, 2.05) is 18.3 Å². The maximum absolute atomic E-state index is 12.9. The van der Waals surface area contributed by atoms with E-state index in [0.717, 1.165) is 42.8 Å². The Balaban J connectivity index is 0.00000114. The van der Waals surface area contributed by atoms with Crippen molar-refractivity contribution in [1.82, 2.24) is 20.2 Å². The fraction of sp³-hybridized carbons (Fsp3) is 0.238. The number of Topliss-reactive ketones (excluding diaryl/α,β-unsaturated/α-hetero) is 1. The summed E-state index contributed by atoms with van der Waals surface area (Å²) in [4.78, 5) is 22.5. The van der Waals surface area contributed by atoms with Crippen molar-refractivity contribution in [2.75, 3.05) is 26.2 Å². The number of nitrogens with zero attached hydrogens (tertiary/aromatic N) is 2. The summed E-state index contributed by atoms with van der Waals surface area (Å²) in [7, 11) is 0. The Labute approximate surface area is 198 Å². The first kappa shape index (κ1) is 25.0. The predicted octanol–water partition coefficient (Wildman–Crippen LogP) is 3.56. The van der Waals surface area contributed by atoms with Crippen molar-refractivity contribution in [3.8, 4) is 11.5 Å². The van der Waals surface area contributed by atoms with Crippen LogP contribution in [-0.4, -0.2) is 51.9 Å². The highest BCUT2D eigenvalue weighted by molar-refractivity contribution is 6.15. The number of aromatic hydroxyl groups is 1. The number of benzene rings is 1. The minimum Gasteiger partial charge on any atom is -0.507 e. The number of pyridine rings is 1. The van der Waals surface area contributed by atoms with Crippen LogP contribution >= 0.6 is 37.2 Å². The number of hydrogen-bond donors (Lipinski definition) is 3. The van der Waals surface area contributed by atoms with E-state index in [1.54, 1.807) is 24.4 Å². The molecule has 31 heavy (non-hydrogen) atoms. The average molecular weight is 486 g/mol. The van der Waals surface area contributed by atoms with Gasteiger partial charge in [0.15, 0.2) is 5.76 Å². The molecule has 0 radical (unpaired) electrons. The number of phenolic OH excluding ortho intramolecular Hbond substituents is 1. The lowest BCUT2D eigenvalue weighted by molar-refractivity contribution is 0.101. The van der Waals surface area contributed by atoms with E-state index >= 15 is 0 Å². The number of hydrogen-bond acceptors (Lipinski definition) is 6. The summed E-state index contributed by atoms with van der Waals surface area (Å²) < 4.78 is 5.97. The number of allylic oxidation sites excluding steroid dienone is 1. The van der Waals surface area contributed by atoms with Crippen molar-refractivity contribution in [3.05, 3.63) is 59.1 Å². The Morgan fingerprint density at radius 2 is 1.94 bits per heavy atom. The number of fused-ring (bicyclic) bond motifs is 2. The molecule has 0 aliphatic carbocycles. The van der Waals surface area contributed by atoms with Gasteiger partial charge in [-0.2, -0.15) is 0 Å². The van der Waals surface area contributed by atoms with Crippen molar-refractivity contribution in [2.24, 2.45) is 0 Å². The molecule has 1 aromatic carbocycles. The van der Waals surface area contributed by atoms with Gasteiger partial charge in [-0.15, -0.1) is 37.2 Å². The molecular formula is C21H23Cl3N4O3. The van der Waals surface area contributed by atoms with Gasteiger partial charge in [-0.1, -0.05) is 0 Å². The topological polar surface area (TPSA) is 90.5 Å². The SMILES string of the molecule is Cl.Cl.Cl.O=C1/C(=C/c2c[nH]c3ncccc23)Oc2c1ccc(O)c2CN1CCNCC1. The first-order valence-electron chi connectivity index (χ1n) is 9.35. The van der Waals surface area contributed by atoms with Gasteiger partial charge < -0.3 is 20.1 Å². The van der Waals surface area contributed by atoms with Crippen LogP contribution in [0.4, 0.5) is 0 Å². The fourth-order valence-electron chi connectivity index (χ4n) is 3.78. The molecule has 4 heterocycles. The van der Waals surface area contributed by atoms with Crippen LogP contribution in [0.3, 0.4) is 0 Å². The third kappa shape index (κ3) is 4.66. The molecule has 0 saturated carbocycles. The van der Waals surface area contributed by atoms with Crippen molar-refractivity contribution < 1.29 is 14.6 Å². The molecule has 0 unspecified atom stereocenters. The lowest BCUT2D eigenvalue weighted by Crippen LogP contribution is -2.42. The second-order valence-corrected chi connectivity index (χ2v) is 7.05. The predicted molar refractivity (Wildman–Crippen MR) is 127 cm³/mol. The van der Waals surface area contributed by atoms with Gasteiger partial charge in [-0.3, -0.25) is 9.69 Å². The van der Waals surface area contributed by atoms with Gasteiger partial charge in [0.2, 0.25) is 5.78 Å². The van der Waals surface area contributed by atoms with Crippen LogP contribution in [0.2, 0.25) is 0 Å². The molecule has 166 valence electrons. The van der Waals surface area contributed by atoms with Crippen molar-refractivity contribution in [3.63, 3.8) is 0 Å². The summed E-state index contributed by atoms with van der Waals surface area (Å²) in [5.74, 6) is 0.706. The summed E-state index contributed by atoms with van der Waals surface area (Å²) in [6, 6.07) is 7.01. The highest BCUT2D eigenvalue weighted by atomic mass is 35.5. The molecule has 3 N–H and O–H groups in total. The lowest BCUT2D eigenvalue weighted by atomic mass is 10.0. The summed E-state index contributed by atoms with van der Waals surface area (Å²) in [5, 5.41) is 14.6. The molecule has 5 rings (SSSR count). The minimum atomic E-state index is -0.171. The van der Waals surface area contributed by atoms with Gasteiger partial charge in [-0.05, 0) is 30.3 Å². The van der Waals surface area contributed by atoms with Crippen molar-refractivity contribution in [2.45, 2.75) is 6.54 Å². The van der Waals surface area contributed by atoms with E-state index in [1.165, 1.54) is 0 Å². The molecule has 1 fully saturated rings. The summed E-state index contributed by atoms with van der Waals surface area (Å²) >= 11 is 0. The van der Waals surface area contributed by atoms with Gasteiger partial charge in [0.1, 0.15) is 17.1 Å². The largest absolute Gasteiger partial charge is 0.507 e. The highest BCUT2D eigenvalue weighted by Gasteiger charge is 2.32.